The molecule has 0 fully saturated rings. The Morgan fingerprint density at radius 3 is 1.70 bits per heavy atom. The van der Waals surface area contributed by atoms with Crippen LogP contribution in [0.1, 0.15) is 28.3 Å². The summed E-state index contributed by atoms with van der Waals surface area (Å²) in [6, 6.07) is 5.85. The quantitative estimate of drug-likeness (QED) is 0.894. The van der Waals surface area contributed by atoms with Crippen LogP contribution in [0.2, 0.25) is 0 Å². The van der Waals surface area contributed by atoms with Gasteiger partial charge in [-0.2, -0.15) is 0 Å². The lowest BCUT2D eigenvalue weighted by Crippen LogP contribution is -2.20. The first-order valence-electron chi connectivity index (χ1n) is 6.32. The van der Waals surface area contributed by atoms with Crippen molar-refractivity contribution in [2.24, 2.45) is 0 Å². The van der Waals surface area contributed by atoms with Crippen LogP contribution >= 0.6 is 0 Å². The first-order valence-corrected chi connectivity index (χ1v) is 6.32. The summed E-state index contributed by atoms with van der Waals surface area (Å²) < 4.78 is 40.1. The van der Waals surface area contributed by atoms with Crippen molar-refractivity contribution in [3.05, 3.63) is 70.0 Å². The summed E-state index contributed by atoms with van der Waals surface area (Å²) in [4.78, 5) is 0. The maximum atomic E-state index is 13.4. The van der Waals surface area contributed by atoms with Crippen molar-refractivity contribution in [1.29, 1.82) is 0 Å². The molecule has 0 bridgehead atoms. The molecule has 0 radical (unpaired) electrons. The number of hydrogen-bond donors (Lipinski definition) is 1. The SMILES string of the molecule is CNC(c1cc(F)cc(F)c1)c1c(C)cc(F)cc1C. The van der Waals surface area contributed by atoms with E-state index in [1.54, 1.807) is 20.9 Å². The van der Waals surface area contributed by atoms with Gasteiger partial charge in [0.2, 0.25) is 0 Å². The molecule has 0 saturated heterocycles. The molecule has 0 heterocycles. The van der Waals surface area contributed by atoms with E-state index in [1.165, 1.54) is 24.3 Å². The summed E-state index contributed by atoms with van der Waals surface area (Å²) in [6.07, 6.45) is 0. The third-order valence-electron chi connectivity index (χ3n) is 3.35. The second-order valence-corrected chi connectivity index (χ2v) is 4.88. The molecule has 0 aliphatic carbocycles. The van der Waals surface area contributed by atoms with Crippen LogP contribution in [-0.4, -0.2) is 7.05 Å². The van der Waals surface area contributed by atoms with Gasteiger partial charge in [0.05, 0.1) is 6.04 Å². The first-order chi connectivity index (χ1) is 9.42. The van der Waals surface area contributed by atoms with Gasteiger partial charge in [0.25, 0.3) is 0 Å². The average Bonchev–Trinajstić information content (AvgIpc) is 2.32. The van der Waals surface area contributed by atoms with Crippen molar-refractivity contribution in [3.8, 4) is 0 Å². The van der Waals surface area contributed by atoms with Gasteiger partial charge in [-0.1, -0.05) is 0 Å². The average molecular weight is 279 g/mol. The van der Waals surface area contributed by atoms with E-state index in [1.807, 2.05) is 0 Å². The first kappa shape index (κ1) is 14.6. The highest BCUT2D eigenvalue weighted by molar-refractivity contribution is 5.42. The highest BCUT2D eigenvalue weighted by atomic mass is 19.1. The molecule has 1 nitrogen and oxygen atoms in total. The molecule has 2 aromatic carbocycles. The highest BCUT2D eigenvalue weighted by Gasteiger charge is 2.19. The van der Waals surface area contributed by atoms with Crippen molar-refractivity contribution >= 4 is 0 Å². The zero-order valence-corrected chi connectivity index (χ0v) is 11.6. The Labute approximate surface area is 116 Å². The van der Waals surface area contributed by atoms with E-state index < -0.39 is 11.6 Å². The Kier molecular flexibility index (Phi) is 4.14. The van der Waals surface area contributed by atoms with Gasteiger partial charge < -0.3 is 5.32 Å². The molecule has 1 unspecified atom stereocenters. The molecule has 0 aromatic heterocycles. The van der Waals surface area contributed by atoms with Crippen LogP contribution in [0.25, 0.3) is 0 Å². The van der Waals surface area contributed by atoms with Gasteiger partial charge >= 0.3 is 0 Å². The maximum Gasteiger partial charge on any atom is 0.126 e. The van der Waals surface area contributed by atoms with Crippen molar-refractivity contribution < 1.29 is 13.2 Å². The summed E-state index contributed by atoms with van der Waals surface area (Å²) in [6.45, 7) is 3.57. The minimum atomic E-state index is -0.627. The molecular formula is C16H16F3N. The minimum absolute atomic E-state index is 0.316. The number of hydrogen-bond acceptors (Lipinski definition) is 1. The van der Waals surface area contributed by atoms with Crippen LogP contribution in [-0.2, 0) is 0 Å². The zero-order valence-electron chi connectivity index (χ0n) is 11.6. The van der Waals surface area contributed by atoms with Crippen LogP contribution in [0.5, 0.6) is 0 Å². The predicted octanol–water partition coefficient (Wildman–Crippen LogP) is 4.03. The summed E-state index contributed by atoms with van der Waals surface area (Å²) in [5.41, 5.74) is 2.79. The lowest BCUT2D eigenvalue weighted by Gasteiger charge is -2.22. The summed E-state index contributed by atoms with van der Waals surface area (Å²) >= 11 is 0. The van der Waals surface area contributed by atoms with E-state index in [0.717, 1.165) is 22.8 Å². The van der Waals surface area contributed by atoms with Crippen molar-refractivity contribution in [2.45, 2.75) is 19.9 Å². The van der Waals surface area contributed by atoms with E-state index in [9.17, 15) is 13.2 Å². The molecule has 0 aliphatic heterocycles. The summed E-state index contributed by atoms with van der Waals surface area (Å²) in [7, 11) is 1.70. The molecule has 4 heteroatoms. The van der Waals surface area contributed by atoms with E-state index in [0.29, 0.717) is 5.56 Å². The second kappa shape index (κ2) is 5.67. The Morgan fingerprint density at radius 2 is 1.25 bits per heavy atom. The predicted molar refractivity (Wildman–Crippen MR) is 73.1 cm³/mol. The zero-order chi connectivity index (χ0) is 14.9. The van der Waals surface area contributed by atoms with Crippen LogP contribution < -0.4 is 5.32 Å². The number of halogens is 3. The lowest BCUT2D eigenvalue weighted by atomic mass is 9.91. The van der Waals surface area contributed by atoms with E-state index in [4.69, 9.17) is 0 Å². The molecule has 0 amide bonds. The van der Waals surface area contributed by atoms with Crippen molar-refractivity contribution in [1.82, 2.24) is 5.32 Å². The third kappa shape index (κ3) is 2.85. The van der Waals surface area contributed by atoms with Gasteiger partial charge in [0.15, 0.2) is 0 Å². The Morgan fingerprint density at radius 1 is 0.800 bits per heavy atom. The third-order valence-corrected chi connectivity index (χ3v) is 3.35. The lowest BCUT2D eigenvalue weighted by molar-refractivity contribution is 0.570. The fourth-order valence-corrected chi connectivity index (χ4v) is 2.60. The molecule has 0 spiro atoms. The van der Waals surface area contributed by atoms with Gasteiger partial charge in [-0.3, -0.25) is 0 Å². The van der Waals surface area contributed by atoms with E-state index >= 15 is 0 Å². The van der Waals surface area contributed by atoms with Crippen LogP contribution in [0.3, 0.4) is 0 Å². The van der Waals surface area contributed by atoms with Crippen molar-refractivity contribution in [3.63, 3.8) is 0 Å². The number of rotatable bonds is 3. The molecule has 2 aromatic rings. The van der Waals surface area contributed by atoms with Gasteiger partial charge in [-0.25, -0.2) is 13.2 Å². The molecule has 1 atom stereocenters. The maximum absolute atomic E-state index is 13.4. The van der Waals surface area contributed by atoms with E-state index in [2.05, 4.69) is 5.32 Å². The molecular weight excluding hydrogens is 263 g/mol. The minimum Gasteiger partial charge on any atom is -0.309 e. The molecule has 0 aliphatic rings. The second-order valence-electron chi connectivity index (χ2n) is 4.88. The standard InChI is InChI=1S/C16H16F3N/c1-9-4-12(17)5-10(2)15(9)16(20-3)11-6-13(18)8-14(19)7-11/h4-8,16,20H,1-3H3. The van der Waals surface area contributed by atoms with Gasteiger partial charge in [-0.05, 0) is 67.4 Å². The Hall–Kier alpha value is -1.81. The largest absolute Gasteiger partial charge is 0.309 e. The molecule has 1 N–H and O–H groups in total. The van der Waals surface area contributed by atoms with Crippen LogP contribution in [0, 0.1) is 31.3 Å². The molecule has 0 saturated carbocycles. The van der Waals surface area contributed by atoms with Crippen LogP contribution in [0.4, 0.5) is 13.2 Å². The van der Waals surface area contributed by atoms with Crippen LogP contribution in [0.15, 0.2) is 30.3 Å². The fraction of sp³-hybridized carbons (Fsp3) is 0.250. The number of aryl methyl sites for hydroxylation is 2. The normalized spacial score (nSPS) is 12.5. The number of nitrogens with one attached hydrogen (secondary N) is 1. The Balaban J connectivity index is 2.58. The summed E-state index contributed by atoms with van der Waals surface area (Å²) in [5.74, 6) is -1.57. The summed E-state index contributed by atoms with van der Waals surface area (Å²) in [5, 5.41) is 3.03. The Bertz CT molecular complexity index is 594. The topological polar surface area (TPSA) is 12.0 Å². The van der Waals surface area contributed by atoms with Gasteiger partial charge in [0.1, 0.15) is 17.5 Å². The molecule has 106 valence electrons. The van der Waals surface area contributed by atoms with Gasteiger partial charge in [0, 0.05) is 6.07 Å². The fourth-order valence-electron chi connectivity index (χ4n) is 2.60. The molecule has 20 heavy (non-hydrogen) atoms. The van der Waals surface area contributed by atoms with E-state index in [-0.39, 0.29) is 11.9 Å². The number of benzene rings is 2. The van der Waals surface area contributed by atoms with Crippen molar-refractivity contribution in [2.75, 3.05) is 7.05 Å². The smallest absolute Gasteiger partial charge is 0.126 e. The highest BCUT2D eigenvalue weighted by Crippen LogP contribution is 2.29. The van der Waals surface area contributed by atoms with Gasteiger partial charge in [-0.15, -0.1) is 0 Å². The monoisotopic (exact) mass is 279 g/mol. The molecule has 2 rings (SSSR count).